The first-order valence-electron chi connectivity index (χ1n) is 9.54. The van der Waals surface area contributed by atoms with Gasteiger partial charge in [0, 0.05) is 17.6 Å². The Labute approximate surface area is 155 Å². The number of fused-ring (bicyclic) bond motifs is 1. The lowest BCUT2D eigenvalue weighted by molar-refractivity contribution is 0.0547. The van der Waals surface area contributed by atoms with Gasteiger partial charge in [-0.3, -0.25) is 4.90 Å². The minimum absolute atomic E-state index is 0.730. The molecule has 2 nitrogen and oxygen atoms in total. The SMILES string of the molecule is Clc1ccc(Oc2cccc(CN3CCC[C@H]4CCCC[C@H]43)c2)cc1. The molecule has 132 valence electrons. The number of ether oxygens (including phenoxy) is 1. The van der Waals surface area contributed by atoms with Gasteiger partial charge in [-0.25, -0.2) is 0 Å². The van der Waals surface area contributed by atoms with Gasteiger partial charge in [0.15, 0.2) is 0 Å². The lowest BCUT2D eigenvalue weighted by Gasteiger charge is -2.44. The summed E-state index contributed by atoms with van der Waals surface area (Å²) < 4.78 is 5.99. The van der Waals surface area contributed by atoms with Crippen molar-refractivity contribution in [3.8, 4) is 11.5 Å². The van der Waals surface area contributed by atoms with Crippen molar-refractivity contribution >= 4 is 11.6 Å². The van der Waals surface area contributed by atoms with Gasteiger partial charge in [0.2, 0.25) is 0 Å². The van der Waals surface area contributed by atoms with E-state index in [0.29, 0.717) is 0 Å². The Morgan fingerprint density at radius 3 is 2.60 bits per heavy atom. The second kappa shape index (κ2) is 7.80. The number of hydrogen-bond donors (Lipinski definition) is 0. The maximum atomic E-state index is 5.99. The summed E-state index contributed by atoms with van der Waals surface area (Å²) in [6.45, 7) is 2.28. The van der Waals surface area contributed by atoms with Crippen molar-refractivity contribution < 1.29 is 4.74 Å². The van der Waals surface area contributed by atoms with Crippen molar-refractivity contribution in [2.45, 2.75) is 51.1 Å². The molecular weight excluding hydrogens is 330 g/mol. The molecule has 25 heavy (non-hydrogen) atoms. The van der Waals surface area contributed by atoms with Crippen LogP contribution in [0.5, 0.6) is 11.5 Å². The molecule has 1 aliphatic carbocycles. The zero-order valence-corrected chi connectivity index (χ0v) is 15.4. The summed E-state index contributed by atoms with van der Waals surface area (Å²) in [5.74, 6) is 2.65. The third-order valence-electron chi connectivity index (χ3n) is 5.69. The van der Waals surface area contributed by atoms with Gasteiger partial charge in [-0.1, -0.05) is 36.6 Å². The number of piperidine rings is 1. The molecule has 0 aromatic heterocycles. The number of likely N-dealkylation sites (tertiary alicyclic amines) is 1. The highest BCUT2D eigenvalue weighted by molar-refractivity contribution is 6.30. The van der Waals surface area contributed by atoms with Crippen LogP contribution in [-0.4, -0.2) is 17.5 Å². The number of rotatable bonds is 4. The Bertz CT molecular complexity index is 697. The molecule has 2 aromatic carbocycles. The van der Waals surface area contributed by atoms with Crippen LogP contribution in [0.3, 0.4) is 0 Å². The fourth-order valence-corrected chi connectivity index (χ4v) is 4.63. The minimum atomic E-state index is 0.730. The summed E-state index contributed by atoms with van der Waals surface area (Å²) in [4.78, 5) is 2.72. The first kappa shape index (κ1) is 16.9. The van der Waals surface area contributed by atoms with Crippen LogP contribution in [0.4, 0.5) is 0 Å². The molecule has 0 bridgehead atoms. The van der Waals surface area contributed by atoms with Crippen molar-refractivity contribution in [2.24, 2.45) is 5.92 Å². The molecule has 1 saturated heterocycles. The Morgan fingerprint density at radius 1 is 0.920 bits per heavy atom. The molecule has 0 N–H and O–H groups in total. The number of hydrogen-bond acceptors (Lipinski definition) is 2. The van der Waals surface area contributed by atoms with Crippen LogP contribution in [0, 0.1) is 5.92 Å². The molecule has 2 atom stereocenters. The Balaban J connectivity index is 1.44. The minimum Gasteiger partial charge on any atom is -0.457 e. The van der Waals surface area contributed by atoms with E-state index in [1.54, 1.807) is 0 Å². The normalized spacial score (nSPS) is 23.9. The Morgan fingerprint density at radius 2 is 1.72 bits per heavy atom. The first-order valence-corrected chi connectivity index (χ1v) is 9.92. The highest BCUT2D eigenvalue weighted by Gasteiger charge is 2.32. The van der Waals surface area contributed by atoms with Crippen LogP contribution >= 0.6 is 11.6 Å². The molecule has 1 saturated carbocycles. The summed E-state index contributed by atoms with van der Waals surface area (Å²) in [5, 5.41) is 0.730. The summed E-state index contributed by atoms with van der Waals surface area (Å²) in [7, 11) is 0. The summed E-state index contributed by atoms with van der Waals surface area (Å²) in [6, 6.07) is 16.9. The fourth-order valence-electron chi connectivity index (χ4n) is 4.50. The first-order chi connectivity index (χ1) is 12.3. The second-order valence-corrected chi connectivity index (χ2v) is 7.86. The second-order valence-electron chi connectivity index (χ2n) is 7.43. The van der Waals surface area contributed by atoms with Crippen LogP contribution in [0.1, 0.15) is 44.1 Å². The number of benzene rings is 2. The van der Waals surface area contributed by atoms with Crippen molar-refractivity contribution in [1.29, 1.82) is 0 Å². The smallest absolute Gasteiger partial charge is 0.127 e. The van der Waals surface area contributed by atoms with Crippen LogP contribution in [0.25, 0.3) is 0 Å². The predicted molar refractivity (Wildman–Crippen MR) is 103 cm³/mol. The van der Waals surface area contributed by atoms with Gasteiger partial charge in [0.25, 0.3) is 0 Å². The lowest BCUT2D eigenvalue weighted by atomic mass is 9.78. The van der Waals surface area contributed by atoms with Crippen molar-refractivity contribution in [1.82, 2.24) is 4.90 Å². The van der Waals surface area contributed by atoms with Crippen molar-refractivity contribution in [2.75, 3.05) is 6.54 Å². The van der Waals surface area contributed by atoms with Crippen molar-refractivity contribution in [3.63, 3.8) is 0 Å². The van der Waals surface area contributed by atoms with Gasteiger partial charge < -0.3 is 4.74 Å². The molecular formula is C22H26ClNO. The van der Waals surface area contributed by atoms with E-state index in [-0.39, 0.29) is 0 Å². The molecule has 0 spiro atoms. The Hall–Kier alpha value is -1.51. The van der Waals surface area contributed by atoms with E-state index in [1.807, 2.05) is 30.3 Å². The van der Waals surface area contributed by atoms with Crippen LogP contribution in [0.2, 0.25) is 5.02 Å². The molecule has 0 unspecified atom stereocenters. The van der Waals surface area contributed by atoms with E-state index in [2.05, 4.69) is 23.1 Å². The average molecular weight is 356 g/mol. The summed E-state index contributed by atoms with van der Waals surface area (Å²) in [6.07, 6.45) is 8.42. The van der Waals surface area contributed by atoms with E-state index in [9.17, 15) is 0 Å². The molecule has 4 rings (SSSR count). The van der Waals surface area contributed by atoms with Crippen LogP contribution in [0.15, 0.2) is 48.5 Å². The summed E-state index contributed by atoms with van der Waals surface area (Å²) in [5.41, 5.74) is 1.35. The molecule has 1 aliphatic heterocycles. The molecule has 3 heteroatoms. The third kappa shape index (κ3) is 4.19. The highest BCUT2D eigenvalue weighted by atomic mass is 35.5. The van der Waals surface area contributed by atoms with Gasteiger partial charge in [-0.05, 0) is 80.1 Å². The van der Waals surface area contributed by atoms with Gasteiger partial charge in [-0.2, -0.15) is 0 Å². The van der Waals surface area contributed by atoms with E-state index in [4.69, 9.17) is 16.3 Å². The zero-order chi connectivity index (χ0) is 17.1. The molecule has 0 radical (unpaired) electrons. The zero-order valence-electron chi connectivity index (χ0n) is 14.7. The maximum Gasteiger partial charge on any atom is 0.127 e. The topological polar surface area (TPSA) is 12.5 Å². The van der Waals surface area contributed by atoms with Crippen LogP contribution in [-0.2, 0) is 6.54 Å². The lowest BCUT2D eigenvalue weighted by Crippen LogP contribution is -2.46. The van der Waals surface area contributed by atoms with Gasteiger partial charge in [-0.15, -0.1) is 0 Å². The molecule has 0 amide bonds. The highest BCUT2D eigenvalue weighted by Crippen LogP contribution is 2.36. The molecule has 2 aromatic rings. The fraction of sp³-hybridized carbons (Fsp3) is 0.455. The van der Waals surface area contributed by atoms with Gasteiger partial charge in [0.1, 0.15) is 11.5 Å². The molecule has 2 aliphatic rings. The third-order valence-corrected chi connectivity index (χ3v) is 5.94. The van der Waals surface area contributed by atoms with E-state index >= 15 is 0 Å². The largest absolute Gasteiger partial charge is 0.457 e. The monoisotopic (exact) mass is 355 g/mol. The standard InChI is InChI=1S/C22H26ClNO/c23-19-10-12-20(13-11-19)25-21-8-3-5-17(15-21)16-24-14-4-7-18-6-1-2-9-22(18)24/h3,5,8,10-13,15,18,22H,1-2,4,6-7,9,14,16H2/t18-,22-/m1/s1. The van der Waals surface area contributed by atoms with Crippen LogP contribution < -0.4 is 4.74 Å². The van der Waals surface area contributed by atoms with Gasteiger partial charge >= 0.3 is 0 Å². The van der Waals surface area contributed by atoms with Crippen molar-refractivity contribution in [3.05, 3.63) is 59.1 Å². The predicted octanol–water partition coefficient (Wildman–Crippen LogP) is 6.29. The molecule has 1 heterocycles. The number of halogens is 1. The van der Waals surface area contributed by atoms with E-state index < -0.39 is 0 Å². The van der Waals surface area contributed by atoms with E-state index in [0.717, 1.165) is 35.0 Å². The molecule has 2 fully saturated rings. The summed E-state index contributed by atoms with van der Waals surface area (Å²) >= 11 is 5.94. The Kier molecular flexibility index (Phi) is 5.28. The average Bonchev–Trinajstić information content (AvgIpc) is 2.64. The maximum absolute atomic E-state index is 5.99. The quantitative estimate of drug-likeness (QED) is 0.639. The van der Waals surface area contributed by atoms with E-state index in [1.165, 1.54) is 50.6 Å². The van der Waals surface area contributed by atoms with Gasteiger partial charge in [0.05, 0.1) is 0 Å². The number of nitrogens with zero attached hydrogens (tertiary/aromatic N) is 1.